The number of hydrogen-bond acceptors (Lipinski definition) is 4. The Hall–Kier alpha value is -1.95. The Bertz CT molecular complexity index is 681. The molecule has 0 spiro atoms. The normalized spacial score (nSPS) is 14.2. The number of rotatable bonds is 3. The summed E-state index contributed by atoms with van der Waals surface area (Å²) in [6.07, 6.45) is 2.14. The van der Waals surface area contributed by atoms with Gasteiger partial charge in [0, 0.05) is 28.9 Å². The molecule has 0 saturated carbocycles. The maximum Gasteiger partial charge on any atom is 0.272 e. The van der Waals surface area contributed by atoms with Gasteiger partial charge in [-0.25, -0.2) is 9.97 Å². The minimum Gasteiger partial charge on any atom is -0.337 e. The lowest BCUT2D eigenvalue weighted by atomic mass is 10.3. The van der Waals surface area contributed by atoms with Crippen LogP contribution in [0.2, 0.25) is 0 Å². The number of benzene rings is 1. The maximum absolute atomic E-state index is 12.5. The van der Waals surface area contributed by atoms with Crippen LogP contribution in [0.25, 0.3) is 0 Å². The molecule has 1 saturated heterocycles. The lowest BCUT2D eigenvalue weighted by Gasteiger charge is -2.15. The van der Waals surface area contributed by atoms with Gasteiger partial charge >= 0.3 is 0 Å². The van der Waals surface area contributed by atoms with Crippen molar-refractivity contribution in [3.05, 3.63) is 46.2 Å². The zero-order valence-corrected chi connectivity index (χ0v) is 13.9. The maximum atomic E-state index is 12.5. The summed E-state index contributed by atoms with van der Waals surface area (Å²) in [6, 6.07) is 9.48. The van der Waals surface area contributed by atoms with E-state index in [2.05, 4.69) is 31.2 Å². The first-order chi connectivity index (χ1) is 10.6. The van der Waals surface area contributed by atoms with Gasteiger partial charge in [0.15, 0.2) is 0 Å². The van der Waals surface area contributed by atoms with Gasteiger partial charge in [-0.2, -0.15) is 0 Å². The fourth-order valence-electron chi connectivity index (χ4n) is 2.48. The van der Waals surface area contributed by atoms with Crippen molar-refractivity contribution in [3.8, 4) is 0 Å². The molecule has 0 aliphatic carbocycles. The molecule has 1 aliphatic rings. The monoisotopic (exact) mass is 360 g/mol. The molecule has 1 aliphatic heterocycles. The van der Waals surface area contributed by atoms with E-state index in [0.29, 0.717) is 11.6 Å². The van der Waals surface area contributed by atoms with Crippen LogP contribution in [-0.4, -0.2) is 33.9 Å². The molecule has 1 N–H and O–H groups in total. The molecule has 0 atom stereocenters. The van der Waals surface area contributed by atoms with Gasteiger partial charge < -0.3 is 10.2 Å². The summed E-state index contributed by atoms with van der Waals surface area (Å²) in [5, 5.41) is 3.14. The lowest BCUT2D eigenvalue weighted by Crippen LogP contribution is -2.28. The second kappa shape index (κ2) is 6.44. The molecule has 1 amide bonds. The topological polar surface area (TPSA) is 58.1 Å². The number of hydrogen-bond donors (Lipinski definition) is 1. The third-order valence-corrected chi connectivity index (χ3v) is 4.10. The minimum absolute atomic E-state index is 0.0122. The van der Waals surface area contributed by atoms with Crippen LogP contribution >= 0.6 is 15.9 Å². The molecule has 2 aromatic rings. The van der Waals surface area contributed by atoms with E-state index >= 15 is 0 Å². The number of halogens is 1. The molecule has 114 valence electrons. The number of nitrogens with one attached hydrogen (secondary N) is 1. The second-order valence-electron chi connectivity index (χ2n) is 5.35. The largest absolute Gasteiger partial charge is 0.337 e. The summed E-state index contributed by atoms with van der Waals surface area (Å²) in [5.74, 6) is 0.437. The Balaban J connectivity index is 1.82. The van der Waals surface area contributed by atoms with Crippen molar-refractivity contribution < 1.29 is 4.79 Å². The lowest BCUT2D eigenvalue weighted by molar-refractivity contribution is 0.0787. The van der Waals surface area contributed by atoms with Gasteiger partial charge in [0.05, 0.1) is 0 Å². The van der Waals surface area contributed by atoms with Gasteiger partial charge in [0.25, 0.3) is 5.91 Å². The van der Waals surface area contributed by atoms with E-state index in [1.807, 2.05) is 36.1 Å². The Morgan fingerprint density at radius 2 is 1.86 bits per heavy atom. The predicted octanol–water partition coefficient (Wildman–Crippen LogP) is 3.53. The molecule has 1 fully saturated rings. The third kappa shape index (κ3) is 3.44. The number of amides is 1. The molecular weight excluding hydrogens is 344 g/mol. The van der Waals surface area contributed by atoms with Crippen molar-refractivity contribution in [2.45, 2.75) is 19.8 Å². The summed E-state index contributed by atoms with van der Waals surface area (Å²) in [4.78, 5) is 23.0. The smallest absolute Gasteiger partial charge is 0.272 e. The van der Waals surface area contributed by atoms with Crippen molar-refractivity contribution in [2.24, 2.45) is 0 Å². The number of carbonyl (C=O) groups is 1. The Labute approximate surface area is 137 Å². The summed E-state index contributed by atoms with van der Waals surface area (Å²) in [5.41, 5.74) is 2.11. The van der Waals surface area contributed by atoms with E-state index < -0.39 is 0 Å². The molecule has 0 radical (unpaired) electrons. The summed E-state index contributed by atoms with van der Waals surface area (Å²) in [7, 11) is 0. The van der Waals surface area contributed by atoms with Gasteiger partial charge in [-0.05, 0) is 50.1 Å². The average Bonchev–Trinajstić information content (AvgIpc) is 3.02. The highest BCUT2D eigenvalue weighted by molar-refractivity contribution is 9.10. The molecule has 22 heavy (non-hydrogen) atoms. The van der Waals surface area contributed by atoms with Gasteiger partial charge in [0.1, 0.15) is 5.69 Å². The van der Waals surface area contributed by atoms with Crippen LogP contribution in [0.4, 0.5) is 11.6 Å². The van der Waals surface area contributed by atoms with Crippen LogP contribution < -0.4 is 5.32 Å². The molecule has 1 aromatic heterocycles. The first-order valence-corrected chi connectivity index (χ1v) is 8.09. The SMILES string of the molecule is Cc1cc(C(=O)N2CCCC2)nc(Nc2ccc(Br)cc2)n1. The van der Waals surface area contributed by atoms with E-state index in [9.17, 15) is 4.79 Å². The van der Waals surface area contributed by atoms with Crippen LogP contribution in [-0.2, 0) is 0 Å². The highest BCUT2D eigenvalue weighted by Gasteiger charge is 2.21. The van der Waals surface area contributed by atoms with Crippen molar-refractivity contribution in [1.29, 1.82) is 0 Å². The van der Waals surface area contributed by atoms with Crippen LogP contribution in [0.5, 0.6) is 0 Å². The Kier molecular flexibility index (Phi) is 4.38. The molecule has 3 rings (SSSR count). The number of aromatic nitrogens is 2. The average molecular weight is 361 g/mol. The van der Waals surface area contributed by atoms with Gasteiger partial charge in [-0.3, -0.25) is 4.79 Å². The first-order valence-electron chi connectivity index (χ1n) is 7.29. The summed E-state index contributed by atoms with van der Waals surface area (Å²) in [6.45, 7) is 3.50. The van der Waals surface area contributed by atoms with E-state index in [4.69, 9.17) is 0 Å². The fourth-order valence-corrected chi connectivity index (χ4v) is 2.74. The zero-order chi connectivity index (χ0) is 15.5. The van der Waals surface area contributed by atoms with E-state index in [0.717, 1.165) is 41.8 Å². The van der Waals surface area contributed by atoms with E-state index in [1.54, 1.807) is 6.07 Å². The highest BCUT2D eigenvalue weighted by atomic mass is 79.9. The van der Waals surface area contributed by atoms with Crippen LogP contribution in [0.1, 0.15) is 29.0 Å². The van der Waals surface area contributed by atoms with Crippen molar-refractivity contribution in [1.82, 2.24) is 14.9 Å². The molecular formula is C16H17BrN4O. The van der Waals surface area contributed by atoms with Crippen molar-refractivity contribution in [3.63, 3.8) is 0 Å². The Morgan fingerprint density at radius 1 is 1.18 bits per heavy atom. The second-order valence-corrected chi connectivity index (χ2v) is 6.27. The van der Waals surface area contributed by atoms with E-state index in [-0.39, 0.29) is 5.91 Å². The summed E-state index contributed by atoms with van der Waals surface area (Å²) >= 11 is 3.40. The van der Waals surface area contributed by atoms with E-state index in [1.165, 1.54) is 0 Å². The number of likely N-dealkylation sites (tertiary alicyclic amines) is 1. The zero-order valence-electron chi connectivity index (χ0n) is 12.3. The number of aryl methyl sites for hydroxylation is 1. The standard InChI is InChI=1S/C16H17BrN4O/c1-11-10-14(15(22)21-8-2-3-9-21)20-16(18-11)19-13-6-4-12(17)5-7-13/h4-7,10H,2-3,8-9H2,1H3,(H,18,19,20). The minimum atomic E-state index is -0.0122. The van der Waals surface area contributed by atoms with Crippen LogP contribution in [0, 0.1) is 6.92 Å². The Morgan fingerprint density at radius 3 is 2.55 bits per heavy atom. The number of anilines is 2. The first kappa shape index (κ1) is 15.0. The van der Waals surface area contributed by atoms with Crippen LogP contribution in [0.3, 0.4) is 0 Å². The molecule has 0 bridgehead atoms. The molecule has 2 heterocycles. The molecule has 6 heteroatoms. The number of carbonyl (C=O) groups excluding carboxylic acids is 1. The third-order valence-electron chi connectivity index (χ3n) is 3.57. The molecule has 1 aromatic carbocycles. The molecule has 0 unspecified atom stereocenters. The van der Waals surface area contributed by atoms with Crippen molar-refractivity contribution >= 4 is 33.5 Å². The summed E-state index contributed by atoms with van der Waals surface area (Å²) < 4.78 is 1.01. The van der Waals surface area contributed by atoms with Gasteiger partial charge in [-0.15, -0.1) is 0 Å². The van der Waals surface area contributed by atoms with Crippen molar-refractivity contribution in [2.75, 3.05) is 18.4 Å². The molecule has 5 nitrogen and oxygen atoms in total. The fraction of sp³-hybridized carbons (Fsp3) is 0.312. The number of nitrogens with zero attached hydrogens (tertiary/aromatic N) is 3. The predicted molar refractivity (Wildman–Crippen MR) is 89.3 cm³/mol. The quantitative estimate of drug-likeness (QED) is 0.909. The van der Waals surface area contributed by atoms with Crippen LogP contribution in [0.15, 0.2) is 34.8 Å². The van der Waals surface area contributed by atoms with Gasteiger partial charge in [0.2, 0.25) is 5.95 Å². The van der Waals surface area contributed by atoms with Gasteiger partial charge in [-0.1, -0.05) is 15.9 Å². The highest BCUT2D eigenvalue weighted by Crippen LogP contribution is 2.18.